The molecule has 1 aliphatic heterocycles. The second-order valence-corrected chi connectivity index (χ2v) is 7.55. The van der Waals surface area contributed by atoms with Crippen LogP contribution in [0.4, 0.5) is 13.6 Å². The molecule has 0 radical (unpaired) electrons. The average molecular weight is 421 g/mol. The lowest BCUT2D eigenvalue weighted by Crippen LogP contribution is -2.46. The van der Waals surface area contributed by atoms with Crippen molar-refractivity contribution in [2.75, 3.05) is 13.7 Å². The minimum Gasteiger partial charge on any atom is -0.315 e. The molecule has 0 aliphatic carbocycles. The van der Waals surface area contributed by atoms with Crippen LogP contribution < -0.4 is 5.32 Å². The number of nitrogens with one attached hydrogen (secondary N) is 1. The van der Waals surface area contributed by atoms with E-state index >= 15 is 0 Å². The maximum absolute atomic E-state index is 13.6. The lowest BCUT2D eigenvalue weighted by molar-refractivity contribution is -0.131. The Morgan fingerprint density at radius 3 is 2.00 bits per heavy atom. The maximum atomic E-state index is 13.6. The molecule has 3 aromatic carbocycles. The first kappa shape index (κ1) is 20.7. The molecular formula is C24H21F2N3O2. The van der Waals surface area contributed by atoms with Crippen LogP contribution in [-0.4, -0.2) is 35.5 Å². The van der Waals surface area contributed by atoms with Gasteiger partial charge in [-0.25, -0.2) is 18.5 Å². The second kappa shape index (κ2) is 8.28. The Morgan fingerprint density at radius 1 is 0.871 bits per heavy atom. The van der Waals surface area contributed by atoms with Crippen LogP contribution in [0, 0.1) is 11.6 Å². The zero-order chi connectivity index (χ0) is 22.0. The molecule has 0 atom stereocenters. The molecule has 0 bridgehead atoms. The van der Waals surface area contributed by atoms with Gasteiger partial charge in [0.15, 0.2) is 17.2 Å². The molecule has 1 N–H and O–H groups in total. The van der Waals surface area contributed by atoms with Crippen LogP contribution in [0.15, 0.2) is 78.9 Å². The van der Waals surface area contributed by atoms with E-state index in [9.17, 15) is 18.4 Å². The molecule has 3 amide bonds. The molecule has 0 unspecified atom stereocenters. The smallest absolute Gasteiger partial charge is 0.315 e. The van der Waals surface area contributed by atoms with Gasteiger partial charge in [-0.15, -0.1) is 0 Å². The third-order valence-electron chi connectivity index (χ3n) is 5.34. The first-order valence-corrected chi connectivity index (χ1v) is 9.79. The zero-order valence-corrected chi connectivity index (χ0v) is 16.9. The Morgan fingerprint density at radius 2 is 1.45 bits per heavy atom. The van der Waals surface area contributed by atoms with Crippen LogP contribution in [0.5, 0.6) is 0 Å². The van der Waals surface area contributed by atoms with Crippen molar-refractivity contribution in [2.45, 2.75) is 12.1 Å². The number of hydrogen-bond donors (Lipinski definition) is 1. The molecule has 1 saturated heterocycles. The third-order valence-corrected chi connectivity index (χ3v) is 5.34. The van der Waals surface area contributed by atoms with Crippen molar-refractivity contribution in [3.8, 4) is 0 Å². The van der Waals surface area contributed by atoms with Gasteiger partial charge in [0.2, 0.25) is 0 Å². The summed E-state index contributed by atoms with van der Waals surface area (Å²) in [6.07, 6.45) is 0. The van der Waals surface area contributed by atoms with Gasteiger partial charge in [-0.3, -0.25) is 9.69 Å². The van der Waals surface area contributed by atoms with Gasteiger partial charge in [0, 0.05) is 6.54 Å². The Kier molecular flexibility index (Phi) is 5.52. The maximum Gasteiger partial charge on any atom is 0.326 e. The number of nitrogens with zero attached hydrogens (tertiary/aromatic N) is 2. The van der Waals surface area contributed by atoms with Crippen molar-refractivity contribution in [3.63, 3.8) is 0 Å². The van der Waals surface area contributed by atoms with Gasteiger partial charge in [0.1, 0.15) is 0 Å². The molecule has 31 heavy (non-hydrogen) atoms. The van der Waals surface area contributed by atoms with Gasteiger partial charge in [-0.05, 0) is 35.9 Å². The SMILES string of the molecule is CN(Cc1ccc(F)c(F)c1)CN1C(=O)NC(c2ccccc2)(c2ccccc2)C1=O. The van der Waals surface area contributed by atoms with Crippen molar-refractivity contribution in [3.05, 3.63) is 107 Å². The summed E-state index contributed by atoms with van der Waals surface area (Å²) in [5.74, 6) is -2.25. The topological polar surface area (TPSA) is 52.6 Å². The van der Waals surface area contributed by atoms with Gasteiger partial charge in [0.05, 0.1) is 6.67 Å². The van der Waals surface area contributed by atoms with Gasteiger partial charge < -0.3 is 5.32 Å². The molecule has 4 rings (SSSR count). The normalized spacial score (nSPS) is 15.4. The number of carbonyl (C=O) groups excluding carboxylic acids is 2. The second-order valence-electron chi connectivity index (χ2n) is 7.55. The number of imide groups is 1. The summed E-state index contributed by atoms with van der Waals surface area (Å²) in [4.78, 5) is 29.4. The highest BCUT2D eigenvalue weighted by atomic mass is 19.2. The van der Waals surface area contributed by atoms with E-state index in [2.05, 4.69) is 5.32 Å². The fraction of sp³-hybridized carbons (Fsp3) is 0.167. The van der Waals surface area contributed by atoms with Gasteiger partial charge in [-0.1, -0.05) is 66.7 Å². The molecule has 0 aromatic heterocycles. The largest absolute Gasteiger partial charge is 0.326 e. The Labute approximate surface area is 178 Å². The molecule has 0 spiro atoms. The number of carbonyl (C=O) groups is 2. The highest BCUT2D eigenvalue weighted by molar-refractivity contribution is 6.09. The fourth-order valence-corrected chi connectivity index (χ4v) is 3.88. The monoisotopic (exact) mass is 421 g/mol. The number of urea groups is 1. The molecule has 1 fully saturated rings. The summed E-state index contributed by atoms with van der Waals surface area (Å²) in [6.45, 7) is 0.225. The minimum absolute atomic E-state index is 0.00885. The van der Waals surface area contributed by atoms with Gasteiger partial charge in [0.25, 0.3) is 5.91 Å². The van der Waals surface area contributed by atoms with E-state index < -0.39 is 29.1 Å². The van der Waals surface area contributed by atoms with E-state index in [1.807, 2.05) is 36.4 Å². The van der Waals surface area contributed by atoms with Crippen molar-refractivity contribution in [2.24, 2.45) is 0 Å². The molecule has 0 saturated carbocycles. The number of halogens is 2. The predicted molar refractivity (Wildman–Crippen MR) is 112 cm³/mol. The van der Waals surface area contributed by atoms with Crippen molar-refractivity contribution in [1.29, 1.82) is 0 Å². The van der Waals surface area contributed by atoms with E-state index in [0.29, 0.717) is 16.7 Å². The van der Waals surface area contributed by atoms with Crippen molar-refractivity contribution < 1.29 is 18.4 Å². The molecule has 7 heteroatoms. The minimum atomic E-state index is -1.33. The fourth-order valence-electron chi connectivity index (χ4n) is 3.88. The highest BCUT2D eigenvalue weighted by Gasteiger charge is 2.53. The summed E-state index contributed by atoms with van der Waals surface area (Å²) in [5, 5.41) is 2.89. The zero-order valence-electron chi connectivity index (χ0n) is 16.9. The molecule has 3 aromatic rings. The molecule has 1 aliphatic rings. The third kappa shape index (κ3) is 3.80. The summed E-state index contributed by atoms with van der Waals surface area (Å²) >= 11 is 0. The summed E-state index contributed by atoms with van der Waals surface area (Å²) in [5.41, 5.74) is 0.518. The number of hydrogen-bond acceptors (Lipinski definition) is 3. The average Bonchev–Trinajstić information content (AvgIpc) is 3.03. The van der Waals surface area contributed by atoms with Crippen LogP contribution in [0.3, 0.4) is 0 Å². The summed E-state index contributed by atoms with van der Waals surface area (Å²) in [6, 6.07) is 21.3. The first-order chi connectivity index (χ1) is 14.9. The number of benzene rings is 3. The van der Waals surface area contributed by atoms with E-state index in [1.54, 1.807) is 36.2 Å². The van der Waals surface area contributed by atoms with Crippen LogP contribution in [0.2, 0.25) is 0 Å². The van der Waals surface area contributed by atoms with Crippen LogP contribution >= 0.6 is 0 Å². The van der Waals surface area contributed by atoms with Gasteiger partial charge in [-0.2, -0.15) is 0 Å². The molecule has 5 nitrogen and oxygen atoms in total. The molecular weight excluding hydrogens is 400 g/mol. The predicted octanol–water partition coefficient (Wildman–Crippen LogP) is 3.85. The lowest BCUT2D eigenvalue weighted by Gasteiger charge is -2.28. The lowest BCUT2D eigenvalue weighted by atomic mass is 9.83. The number of amides is 3. The quantitative estimate of drug-likeness (QED) is 0.615. The van der Waals surface area contributed by atoms with Crippen LogP contribution in [-0.2, 0) is 16.9 Å². The van der Waals surface area contributed by atoms with Crippen molar-refractivity contribution in [1.82, 2.24) is 15.1 Å². The van der Waals surface area contributed by atoms with E-state index in [1.165, 1.54) is 6.07 Å². The number of rotatable bonds is 6. The first-order valence-electron chi connectivity index (χ1n) is 9.79. The van der Waals surface area contributed by atoms with Crippen LogP contribution in [0.25, 0.3) is 0 Å². The van der Waals surface area contributed by atoms with Crippen molar-refractivity contribution >= 4 is 11.9 Å². The Bertz CT molecular complexity index is 1070. The van der Waals surface area contributed by atoms with E-state index in [-0.39, 0.29) is 13.2 Å². The molecule has 158 valence electrons. The van der Waals surface area contributed by atoms with E-state index in [0.717, 1.165) is 17.0 Å². The Hall–Kier alpha value is -3.58. The summed E-state index contributed by atoms with van der Waals surface area (Å²) < 4.78 is 26.7. The van der Waals surface area contributed by atoms with E-state index in [4.69, 9.17) is 0 Å². The summed E-state index contributed by atoms with van der Waals surface area (Å²) in [7, 11) is 1.70. The highest BCUT2D eigenvalue weighted by Crippen LogP contribution is 2.36. The molecule has 1 heterocycles. The van der Waals surface area contributed by atoms with Crippen LogP contribution in [0.1, 0.15) is 16.7 Å². The van der Waals surface area contributed by atoms with Gasteiger partial charge >= 0.3 is 6.03 Å². The standard InChI is InChI=1S/C24H21F2N3O2/c1-28(15-17-12-13-20(25)21(26)14-17)16-29-22(30)24(27-23(29)31,18-8-4-2-5-9-18)19-10-6-3-7-11-19/h2-14H,15-16H2,1H3,(H,27,31). The Balaban J connectivity index is 1.62.